The first-order valence-corrected chi connectivity index (χ1v) is 12.1. The average molecular weight is 513 g/mol. The number of carbonyl (C=O) groups excluding carboxylic acids is 4. The van der Waals surface area contributed by atoms with Crippen LogP contribution in [0.4, 0.5) is 0 Å². The number of ether oxygens (including phenoxy) is 4. The summed E-state index contributed by atoms with van der Waals surface area (Å²) >= 11 is 0. The van der Waals surface area contributed by atoms with E-state index in [-0.39, 0.29) is 48.9 Å². The van der Waals surface area contributed by atoms with Gasteiger partial charge in [-0.05, 0) is 37.3 Å². The topological polar surface area (TPSA) is 139 Å². The molecule has 0 heterocycles. The molecule has 0 unspecified atom stereocenters. The molecule has 0 aromatic heterocycles. The van der Waals surface area contributed by atoms with Gasteiger partial charge in [-0.15, -0.1) is 0 Å². The van der Waals surface area contributed by atoms with Crippen molar-refractivity contribution in [3.05, 3.63) is 64.7 Å². The van der Waals surface area contributed by atoms with Crippen LogP contribution in [-0.4, -0.2) is 65.6 Å². The number of Topliss-reactive ketones (excluding diaryl/α,β-unsaturated/α-hetero) is 1. The molecule has 0 aliphatic carbocycles. The van der Waals surface area contributed by atoms with E-state index < -0.39 is 31.9 Å². The molecular formula is C22H21ClO10S. The first-order chi connectivity index (χ1) is 16.0. The maximum absolute atomic E-state index is 12.3. The van der Waals surface area contributed by atoms with E-state index in [0.29, 0.717) is 5.56 Å². The number of benzene rings is 2. The Hall–Kier alpha value is -3.28. The Morgan fingerprint density at radius 2 is 1.21 bits per heavy atom. The van der Waals surface area contributed by atoms with E-state index >= 15 is 0 Å². The first-order valence-electron chi connectivity index (χ1n) is 9.74. The van der Waals surface area contributed by atoms with E-state index in [0.717, 1.165) is 12.1 Å². The fourth-order valence-corrected chi connectivity index (χ4v) is 3.66. The van der Waals surface area contributed by atoms with E-state index in [1.807, 2.05) is 0 Å². The first kappa shape index (κ1) is 27.0. The van der Waals surface area contributed by atoms with Crippen LogP contribution in [0.2, 0.25) is 0 Å². The van der Waals surface area contributed by atoms with Gasteiger partial charge in [0.1, 0.15) is 19.8 Å². The predicted molar refractivity (Wildman–Crippen MR) is 119 cm³/mol. The number of halogens is 1. The molecule has 0 atom stereocenters. The lowest BCUT2D eigenvalue weighted by Gasteiger charge is -2.10. The van der Waals surface area contributed by atoms with Crippen LogP contribution in [0.15, 0.2) is 47.4 Å². The highest BCUT2D eigenvalue weighted by Crippen LogP contribution is 2.23. The number of esters is 3. The summed E-state index contributed by atoms with van der Waals surface area (Å²) in [5.74, 6) is -2.71. The summed E-state index contributed by atoms with van der Waals surface area (Å²) in [6, 6.07) is 8.97. The van der Waals surface area contributed by atoms with Gasteiger partial charge in [0.15, 0.2) is 5.78 Å². The van der Waals surface area contributed by atoms with Gasteiger partial charge in [-0.2, -0.15) is 0 Å². The van der Waals surface area contributed by atoms with E-state index in [9.17, 15) is 27.6 Å². The molecule has 34 heavy (non-hydrogen) atoms. The van der Waals surface area contributed by atoms with Crippen LogP contribution in [0, 0.1) is 0 Å². The SMILES string of the molecule is COCCOC(=O)c1ccc(C(=O)OCCOC(=O)c2ccc(C(C)=O)cc2)cc1S(=O)(=O)Cl. The third-order valence-electron chi connectivity index (χ3n) is 4.30. The minimum Gasteiger partial charge on any atom is -0.460 e. The molecule has 0 saturated heterocycles. The second-order valence-electron chi connectivity index (χ2n) is 6.68. The fraction of sp³-hybridized carbons (Fsp3) is 0.273. The lowest BCUT2D eigenvalue weighted by Crippen LogP contribution is -2.16. The molecule has 0 fully saturated rings. The standard InChI is InChI=1S/C22H21ClO10S/c1-14(24)15-3-5-16(6-4-15)20(25)31-11-12-32-21(26)17-7-8-18(19(13-17)34(23,28)29)22(27)33-10-9-30-2/h3-8,13H,9-12H2,1-2H3. The van der Waals surface area contributed by atoms with Gasteiger partial charge < -0.3 is 18.9 Å². The predicted octanol–water partition coefficient (Wildman–Crippen LogP) is 2.63. The van der Waals surface area contributed by atoms with Crippen LogP contribution >= 0.6 is 10.7 Å². The molecule has 0 saturated carbocycles. The third-order valence-corrected chi connectivity index (χ3v) is 5.66. The summed E-state index contributed by atoms with van der Waals surface area (Å²) < 4.78 is 43.4. The molecule has 12 heteroatoms. The molecular weight excluding hydrogens is 492 g/mol. The van der Waals surface area contributed by atoms with Gasteiger partial charge in [0.25, 0.3) is 9.05 Å². The minimum atomic E-state index is -4.40. The largest absolute Gasteiger partial charge is 0.460 e. The van der Waals surface area contributed by atoms with Gasteiger partial charge in [-0.3, -0.25) is 4.79 Å². The normalized spacial score (nSPS) is 10.9. The number of methoxy groups -OCH3 is 1. The van der Waals surface area contributed by atoms with Gasteiger partial charge in [0.05, 0.1) is 28.2 Å². The highest BCUT2D eigenvalue weighted by molar-refractivity contribution is 8.13. The molecule has 2 aromatic rings. The molecule has 0 aliphatic heterocycles. The summed E-state index contributed by atoms with van der Waals surface area (Å²) in [6.45, 7) is 0.798. The van der Waals surface area contributed by atoms with Crippen molar-refractivity contribution in [3.8, 4) is 0 Å². The number of carbonyl (C=O) groups is 4. The molecule has 0 aliphatic rings. The number of ketones is 1. The number of rotatable bonds is 11. The van der Waals surface area contributed by atoms with Crippen LogP contribution in [0.1, 0.15) is 48.4 Å². The van der Waals surface area contributed by atoms with Gasteiger partial charge >= 0.3 is 17.9 Å². The van der Waals surface area contributed by atoms with E-state index in [2.05, 4.69) is 0 Å². The third kappa shape index (κ3) is 7.65. The Bertz CT molecular complexity index is 1170. The average Bonchev–Trinajstić information content (AvgIpc) is 2.80. The van der Waals surface area contributed by atoms with Crippen molar-refractivity contribution in [2.75, 3.05) is 33.5 Å². The maximum Gasteiger partial charge on any atom is 0.339 e. The second kappa shape index (κ2) is 12.3. The molecule has 0 amide bonds. The summed E-state index contributed by atoms with van der Waals surface area (Å²) in [5.41, 5.74) is 0.102. The zero-order valence-corrected chi connectivity index (χ0v) is 19.8. The molecule has 0 radical (unpaired) electrons. The molecule has 0 spiro atoms. The van der Waals surface area contributed by atoms with Gasteiger partial charge in [0, 0.05) is 23.4 Å². The number of hydrogen-bond donors (Lipinski definition) is 0. The Balaban J connectivity index is 1.98. The van der Waals surface area contributed by atoms with Crippen LogP contribution in [0.5, 0.6) is 0 Å². The molecule has 2 rings (SSSR count). The van der Waals surface area contributed by atoms with Crippen LogP contribution in [-0.2, 0) is 28.0 Å². The Morgan fingerprint density at radius 1 is 0.735 bits per heavy atom. The molecule has 10 nitrogen and oxygen atoms in total. The quantitative estimate of drug-likeness (QED) is 0.145. The smallest absolute Gasteiger partial charge is 0.339 e. The van der Waals surface area contributed by atoms with Crippen LogP contribution in [0.3, 0.4) is 0 Å². The van der Waals surface area contributed by atoms with E-state index in [1.54, 1.807) is 0 Å². The van der Waals surface area contributed by atoms with Crippen molar-refractivity contribution in [3.63, 3.8) is 0 Å². The van der Waals surface area contributed by atoms with Gasteiger partial charge in [0.2, 0.25) is 0 Å². The molecule has 0 N–H and O–H groups in total. The maximum atomic E-state index is 12.3. The van der Waals surface area contributed by atoms with Gasteiger partial charge in [-0.1, -0.05) is 12.1 Å². The van der Waals surface area contributed by atoms with E-state index in [4.69, 9.17) is 29.6 Å². The zero-order valence-electron chi connectivity index (χ0n) is 18.2. The van der Waals surface area contributed by atoms with Crippen molar-refractivity contribution < 1.29 is 46.5 Å². The molecule has 182 valence electrons. The fourth-order valence-electron chi connectivity index (χ4n) is 2.59. The summed E-state index contributed by atoms with van der Waals surface area (Å²) in [4.78, 5) is 47.1. The summed E-state index contributed by atoms with van der Waals surface area (Å²) in [5, 5.41) is 0. The Labute approximate surface area is 200 Å². The lowest BCUT2D eigenvalue weighted by molar-refractivity contribution is 0.0265. The van der Waals surface area contributed by atoms with E-state index in [1.165, 1.54) is 44.4 Å². The highest BCUT2D eigenvalue weighted by Gasteiger charge is 2.24. The Morgan fingerprint density at radius 3 is 1.74 bits per heavy atom. The van der Waals surface area contributed by atoms with Crippen molar-refractivity contribution >= 4 is 43.4 Å². The second-order valence-corrected chi connectivity index (χ2v) is 9.22. The van der Waals surface area contributed by atoms with Crippen LogP contribution < -0.4 is 0 Å². The minimum absolute atomic E-state index is 0.105. The van der Waals surface area contributed by atoms with Crippen molar-refractivity contribution in [2.24, 2.45) is 0 Å². The Kier molecular flexibility index (Phi) is 9.72. The van der Waals surface area contributed by atoms with Crippen molar-refractivity contribution in [1.29, 1.82) is 0 Å². The van der Waals surface area contributed by atoms with Crippen molar-refractivity contribution in [1.82, 2.24) is 0 Å². The molecule has 0 bridgehead atoms. The monoisotopic (exact) mass is 512 g/mol. The van der Waals surface area contributed by atoms with Crippen molar-refractivity contribution in [2.45, 2.75) is 11.8 Å². The molecule has 2 aromatic carbocycles. The number of hydrogen-bond acceptors (Lipinski definition) is 10. The summed E-state index contributed by atoms with van der Waals surface area (Å²) in [7, 11) is 2.40. The van der Waals surface area contributed by atoms with Gasteiger partial charge in [-0.25, -0.2) is 22.8 Å². The zero-order chi connectivity index (χ0) is 25.3. The van der Waals surface area contributed by atoms with Crippen LogP contribution in [0.25, 0.3) is 0 Å². The lowest BCUT2D eigenvalue weighted by atomic mass is 10.1. The summed E-state index contributed by atoms with van der Waals surface area (Å²) in [6.07, 6.45) is 0. The highest BCUT2D eigenvalue weighted by atomic mass is 35.7.